The molecule has 0 aliphatic carbocycles. The Labute approximate surface area is 203 Å². The van der Waals surface area contributed by atoms with Gasteiger partial charge < -0.3 is 13.9 Å². The van der Waals surface area contributed by atoms with E-state index in [4.69, 9.17) is 18.9 Å². The molecule has 0 saturated heterocycles. The molecule has 0 fully saturated rings. The first kappa shape index (κ1) is 21.9. The molecule has 5 rings (SSSR count). The lowest BCUT2D eigenvalue weighted by molar-refractivity contribution is 0.311. The lowest BCUT2D eigenvalue weighted by Crippen LogP contribution is -2.20. The lowest BCUT2D eigenvalue weighted by atomic mass is 10.2. The quantitative estimate of drug-likeness (QED) is 0.263. The van der Waals surface area contributed by atoms with Gasteiger partial charge in [0.05, 0.1) is 30.8 Å². The first-order valence-corrected chi connectivity index (χ1v) is 11.4. The van der Waals surface area contributed by atoms with Gasteiger partial charge >= 0.3 is 0 Å². The Morgan fingerprint density at radius 2 is 1.94 bits per heavy atom. The Morgan fingerprint density at radius 1 is 1.09 bits per heavy atom. The second kappa shape index (κ2) is 9.15. The van der Waals surface area contributed by atoms with Gasteiger partial charge in [-0.2, -0.15) is 9.78 Å². The first-order valence-electron chi connectivity index (χ1n) is 10.6. The van der Waals surface area contributed by atoms with Gasteiger partial charge in [0, 0.05) is 9.86 Å². The number of nitrogens with zero attached hydrogens (tertiary/aromatic N) is 3. The van der Waals surface area contributed by atoms with Gasteiger partial charge in [-0.3, -0.25) is 4.79 Å². The predicted octanol–water partition coefficient (Wildman–Crippen LogP) is 5.86. The van der Waals surface area contributed by atoms with Gasteiger partial charge in [0.15, 0.2) is 17.3 Å². The summed E-state index contributed by atoms with van der Waals surface area (Å²) in [4.78, 5) is 18.1. The highest BCUT2D eigenvalue weighted by Crippen LogP contribution is 2.30. The van der Waals surface area contributed by atoms with E-state index < -0.39 is 0 Å². The number of ether oxygens (including phenoxy) is 2. The maximum atomic E-state index is 13.4. The van der Waals surface area contributed by atoms with Gasteiger partial charge in [-0.1, -0.05) is 28.1 Å². The second-order valence-electron chi connectivity index (χ2n) is 7.45. The molecule has 0 unspecified atom stereocenters. The van der Waals surface area contributed by atoms with Gasteiger partial charge in [0.25, 0.3) is 5.56 Å². The van der Waals surface area contributed by atoms with Crippen LogP contribution in [0.15, 0.2) is 85.5 Å². The molecular formula is C26H20BrN3O4. The first-order chi connectivity index (χ1) is 16.6. The summed E-state index contributed by atoms with van der Waals surface area (Å²) in [5.74, 6) is 1.97. The van der Waals surface area contributed by atoms with Crippen molar-refractivity contribution in [2.75, 3.05) is 13.7 Å². The summed E-state index contributed by atoms with van der Waals surface area (Å²) >= 11 is 3.48. The van der Waals surface area contributed by atoms with Crippen LogP contribution in [0.5, 0.6) is 11.5 Å². The molecule has 0 aliphatic heterocycles. The monoisotopic (exact) mass is 517 g/mol. The SMILES string of the molecule is CCOc1cc(C=Nn2c(-c3cc4cc(Br)ccc4o3)nc3ccccc3c2=O)ccc1OC. The van der Waals surface area contributed by atoms with E-state index in [9.17, 15) is 4.79 Å². The van der Waals surface area contributed by atoms with Crippen molar-refractivity contribution >= 4 is 44.0 Å². The van der Waals surface area contributed by atoms with E-state index in [0.717, 1.165) is 15.4 Å². The maximum Gasteiger partial charge on any atom is 0.282 e. The number of furan rings is 1. The molecule has 0 saturated carbocycles. The van der Waals surface area contributed by atoms with Crippen LogP contribution in [0.2, 0.25) is 0 Å². The fourth-order valence-corrected chi connectivity index (χ4v) is 4.06. The van der Waals surface area contributed by atoms with Gasteiger partial charge in [-0.05, 0) is 67.1 Å². The summed E-state index contributed by atoms with van der Waals surface area (Å²) in [7, 11) is 1.59. The average Bonchev–Trinajstić information content (AvgIpc) is 3.27. The van der Waals surface area contributed by atoms with Crippen molar-refractivity contribution in [2.45, 2.75) is 6.92 Å². The number of methoxy groups -OCH3 is 1. The molecule has 8 heteroatoms. The molecule has 0 bridgehead atoms. The molecule has 3 aromatic carbocycles. The minimum atomic E-state index is -0.294. The smallest absolute Gasteiger partial charge is 0.282 e. The largest absolute Gasteiger partial charge is 0.493 e. The van der Waals surface area contributed by atoms with E-state index in [1.165, 1.54) is 4.68 Å². The third-order valence-electron chi connectivity index (χ3n) is 5.26. The molecule has 0 spiro atoms. The van der Waals surface area contributed by atoms with Crippen LogP contribution in [0, 0.1) is 0 Å². The fraction of sp³-hybridized carbons (Fsp3) is 0.115. The van der Waals surface area contributed by atoms with Crippen molar-refractivity contribution in [1.29, 1.82) is 0 Å². The van der Waals surface area contributed by atoms with Crippen LogP contribution in [0.3, 0.4) is 0 Å². The molecule has 0 radical (unpaired) electrons. The highest BCUT2D eigenvalue weighted by atomic mass is 79.9. The summed E-state index contributed by atoms with van der Waals surface area (Å²) in [5.41, 5.74) is 1.70. The Hall–Kier alpha value is -3.91. The number of halogens is 1. The van der Waals surface area contributed by atoms with Crippen molar-refractivity contribution in [2.24, 2.45) is 5.10 Å². The summed E-state index contributed by atoms with van der Waals surface area (Å²) < 4.78 is 19.2. The van der Waals surface area contributed by atoms with E-state index in [0.29, 0.717) is 46.2 Å². The topological polar surface area (TPSA) is 78.9 Å². The molecule has 0 amide bonds. The van der Waals surface area contributed by atoms with Gasteiger partial charge in [-0.25, -0.2) is 4.98 Å². The number of benzene rings is 3. The summed E-state index contributed by atoms with van der Waals surface area (Å²) in [6.45, 7) is 2.40. The molecule has 34 heavy (non-hydrogen) atoms. The van der Waals surface area contributed by atoms with E-state index in [1.807, 2.05) is 49.4 Å². The number of para-hydroxylation sites is 1. The van der Waals surface area contributed by atoms with Gasteiger partial charge in [0.1, 0.15) is 5.58 Å². The van der Waals surface area contributed by atoms with Crippen LogP contribution in [0.4, 0.5) is 0 Å². The highest BCUT2D eigenvalue weighted by Gasteiger charge is 2.16. The standard InChI is InChI=1S/C26H20BrN3O4/c1-3-33-23-12-16(8-10-22(23)32-2)15-28-30-25(29-20-7-5-4-6-19(20)26(30)31)24-14-17-13-18(27)9-11-21(17)34-24/h4-15H,3H2,1-2H3. The Morgan fingerprint density at radius 3 is 2.76 bits per heavy atom. The molecule has 5 aromatic rings. The third kappa shape index (κ3) is 4.08. The minimum absolute atomic E-state index is 0.294. The van der Waals surface area contributed by atoms with Crippen LogP contribution >= 0.6 is 15.9 Å². The minimum Gasteiger partial charge on any atom is -0.493 e. The van der Waals surface area contributed by atoms with Gasteiger partial charge in [0.2, 0.25) is 5.82 Å². The van der Waals surface area contributed by atoms with Crippen LogP contribution in [-0.2, 0) is 0 Å². The summed E-state index contributed by atoms with van der Waals surface area (Å²) in [5, 5.41) is 5.85. The molecule has 2 heterocycles. The van der Waals surface area contributed by atoms with Crippen LogP contribution in [0.1, 0.15) is 12.5 Å². The fourth-order valence-electron chi connectivity index (χ4n) is 3.68. The zero-order chi connectivity index (χ0) is 23.7. The Bertz CT molecular complexity index is 1600. The zero-order valence-corrected chi connectivity index (χ0v) is 20.1. The number of hydrogen-bond donors (Lipinski definition) is 0. The van der Waals surface area contributed by atoms with Crippen LogP contribution in [-0.4, -0.2) is 29.6 Å². The third-order valence-corrected chi connectivity index (χ3v) is 5.76. The molecule has 0 aliphatic rings. The molecule has 0 atom stereocenters. The van der Waals surface area contributed by atoms with Crippen molar-refractivity contribution in [3.8, 4) is 23.1 Å². The van der Waals surface area contributed by atoms with E-state index in [-0.39, 0.29) is 5.56 Å². The van der Waals surface area contributed by atoms with E-state index in [2.05, 4.69) is 21.0 Å². The molecular weight excluding hydrogens is 498 g/mol. The highest BCUT2D eigenvalue weighted by molar-refractivity contribution is 9.10. The lowest BCUT2D eigenvalue weighted by Gasteiger charge is -2.10. The van der Waals surface area contributed by atoms with E-state index in [1.54, 1.807) is 37.6 Å². The van der Waals surface area contributed by atoms with Crippen molar-refractivity contribution in [3.63, 3.8) is 0 Å². The van der Waals surface area contributed by atoms with E-state index >= 15 is 0 Å². The number of rotatable bonds is 6. The zero-order valence-electron chi connectivity index (χ0n) is 18.5. The van der Waals surface area contributed by atoms with Crippen molar-refractivity contribution in [1.82, 2.24) is 9.66 Å². The summed E-state index contributed by atoms with van der Waals surface area (Å²) in [6, 6.07) is 20.2. The molecule has 7 nitrogen and oxygen atoms in total. The molecule has 2 aromatic heterocycles. The number of fused-ring (bicyclic) bond motifs is 2. The Balaban J connectivity index is 1.67. The normalized spacial score (nSPS) is 11.5. The van der Waals surface area contributed by atoms with Crippen LogP contribution in [0.25, 0.3) is 33.5 Å². The van der Waals surface area contributed by atoms with Crippen molar-refractivity contribution in [3.05, 3.63) is 87.1 Å². The predicted molar refractivity (Wildman–Crippen MR) is 136 cm³/mol. The number of aromatic nitrogens is 2. The average molecular weight is 518 g/mol. The maximum absolute atomic E-state index is 13.4. The summed E-state index contributed by atoms with van der Waals surface area (Å²) in [6.07, 6.45) is 1.59. The second-order valence-corrected chi connectivity index (χ2v) is 8.37. The number of hydrogen-bond acceptors (Lipinski definition) is 6. The van der Waals surface area contributed by atoms with Gasteiger partial charge in [-0.15, -0.1) is 0 Å². The van der Waals surface area contributed by atoms with Crippen molar-refractivity contribution < 1.29 is 13.9 Å². The Kier molecular flexibility index (Phi) is 5.90. The molecule has 0 N–H and O–H groups in total. The van der Waals surface area contributed by atoms with Crippen LogP contribution < -0.4 is 15.0 Å². The molecule has 170 valence electrons.